The van der Waals surface area contributed by atoms with E-state index in [2.05, 4.69) is 48.5 Å². The second-order valence-corrected chi connectivity index (χ2v) is 9.06. The lowest BCUT2D eigenvalue weighted by molar-refractivity contribution is 0.297. The lowest BCUT2D eigenvalue weighted by Crippen LogP contribution is -2.02. The minimum atomic E-state index is 0.407. The van der Waals surface area contributed by atoms with Crippen LogP contribution in [-0.2, 0) is 22.3 Å². The Morgan fingerprint density at radius 1 is 0.562 bits per heavy atom. The van der Waals surface area contributed by atoms with Crippen molar-refractivity contribution in [3.8, 4) is 11.5 Å². The zero-order valence-corrected chi connectivity index (χ0v) is 19.3. The predicted molar refractivity (Wildman–Crippen MR) is 128 cm³/mol. The third-order valence-electron chi connectivity index (χ3n) is 6.20. The van der Waals surface area contributed by atoms with E-state index in [9.17, 15) is 0 Å². The molecule has 4 rings (SSSR count). The summed E-state index contributed by atoms with van der Waals surface area (Å²) in [4.78, 5) is 0. The number of epoxide rings is 2. The Labute approximate surface area is 193 Å². The van der Waals surface area contributed by atoms with Crippen LogP contribution in [0.4, 0.5) is 0 Å². The topological polar surface area (TPSA) is 43.5 Å². The minimum Gasteiger partial charge on any atom is -0.493 e. The average molecular weight is 439 g/mol. The summed E-state index contributed by atoms with van der Waals surface area (Å²) in [7, 11) is 0. The van der Waals surface area contributed by atoms with Crippen molar-refractivity contribution < 1.29 is 18.9 Å². The van der Waals surface area contributed by atoms with Crippen molar-refractivity contribution in [2.75, 3.05) is 26.4 Å². The molecule has 2 atom stereocenters. The molecule has 0 N–H and O–H groups in total. The SMILES string of the molecule is c1ccc(OCCCCCCCCCCOc2ccccc2CC2CO2)c(CC2CO2)c1. The number of ether oxygens (including phenoxy) is 4. The molecular formula is C28H38O4. The maximum Gasteiger partial charge on any atom is 0.122 e. The molecule has 2 aromatic rings. The monoisotopic (exact) mass is 438 g/mol. The molecule has 2 heterocycles. The van der Waals surface area contributed by atoms with Gasteiger partial charge in [-0.2, -0.15) is 0 Å². The molecule has 0 saturated carbocycles. The van der Waals surface area contributed by atoms with Gasteiger partial charge < -0.3 is 18.9 Å². The number of unbranched alkanes of at least 4 members (excludes halogenated alkanes) is 7. The number of hydrogen-bond acceptors (Lipinski definition) is 4. The lowest BCUT2D eigenvalue weighted by Gasteiger charge is -2.11. The molecule has 2 unspecified atom stereocenters. The zero-order valence-electron chi connectivity index (χ0n) is 19.3. The van der Waals surface area contributed by atoms with E-state index in [0.717, 1.165) is 63.6 Å². The summed E-state index contributed by atoms with van der Waals surface area (Å²) in [5, 5.41) is 0. The van der Waals surface area contributed by atoms with Crippen LogP contribution in [0.3, 0.4) is 0 Å². The molecule has 2 aliphatic rings. The average Bonchev–Trinajstić information content (AvgIpc) is 3.74. The van der Waals surface area contributed by atoms with Crippen LogP contribution in [0.2, 0.25) is 0 Å². The smallest absolute Gasteiger partial charge is 0.122 e. The molecule has 174 valence electrons. The molecule has 0 bridgehead atoms. The Morgan fingerprint density at radius 2 is 0.938 bits per heavy atom. The van der Waals surface area contributed by atoms with Crippen molar-refractivity contribution in [2.45, 2.75) is 76.4 Å². The first-order chi connectivity index (χ1) is 15.9. The van der Waals surface area contributed by atoms with E-state index in [4.69, 9.17) is 18.9 Å². The highest BCUT2D eigenvalue weighted by Gasteiger charge is 2.24. The Balaban J connectivity index is 0.970. The van der Waals surface area contributed by atoms with E-state index in [1.165, 1.54) is 49.7 Å². The summed E-state index contributed by atoms with van der Waals surface area (Å²) in [6.07, 6.45) is 12.8. The van der Waals surface area contributed by atoms with Crippen molar-refractivity contribution in [1.29, 1.82) is 0 Å². The van der Waals surface area contributed by atoms with Gasteiger partial charge in [-0.1, -0.05) is 74.9 Å². The van der Waals surface area contributed by atoms with Crippen LogP contribution < -0.4 is 9.47 Å². The maximum atomic E-state index is 6.03. The number of rotatable bonds is 17. The lowest BCUT2D eigenvalue weighted by atomic mass is 10.1. The van der Waals surface area contributed by atoms with E-state index >= 15 is 0 Å². The van der Waals surface area contributed by atoms with Crippen LogP contribution in [-0.4, -0.2) is 38.6 Å². The third kappa shape index (κ3) is 8.48. The van der Waals surface area contributed by atoms with Gasteiger partial charge in [0.2, 0.25) is 0 Å². The van der Waals surface area contributed by atoms with Gasteiger partial charge in [0.1, 0.15) is 11.5 Å². The summed E-state index contributed by atoms with van der Waals surface area (Å²) >= 11 is 0. The van der Waals surface area contributed by atoms with Crippen molar-refractivity contribution in [2.24, 2.45) is 0 Å². The van der Waals surface area contributed by atoms with Gasteiger partial charge in [-0.15, -0.1) is 0 Å². The van der Waals surface area contributed by atoms with E-state index in [0.29, 0.717) is 12.2 Å². The summed E-state index contributed by atoms with van der Waals surface area (Å²) < 4.78 is 22.8. The molecule has 0 radical (unpaired) electrons. The van der Waals surface area contributed by atoms with Crippen molar-refractivity contribution in [3.63, 3.8) is 0 Å². The van der Waals surface area contributed by atoms with Crippen LogP contribution in [0.1, 0.15) is 62.5 Å². The fourth-order valence-electron chi connectivity index (χ4n) is 4.12. The molecule has 0 spiro atoms. The molecule has 4 heteroatoms. The number of hydrogen-bond donors (Lipinski definition) is 0. The minimum absolute atomic E-state index is 0.407. The van der Waals surface area contributed by atoms with Gasteiger partial charge in [0.25, 0.3) is 0 Å². The Kier molecular flexibility index (Phi) is 9.29. The largest absolute Gasteiger partial charge is 0.493 e. The molecule has 2 fully saturated rings. The van der Waals surface area contributed by atoms with Crippen LogP contribution >= 0.6 is 0 Å². The molecular weight excluding hydrogens is 400 g/mol. The third-order valence-corrected chi connectivity index (χ3v) is 6.20. The first kappa shape index (κ1) is 23.1. The zero-order chi connectivity index (χ0) is 21.8. The predicted octanol–water partition coefficient (Wildman–Crippen LogP) is 6.15. The Hall–Kier alpha value is -2.04. The van der Waals surface area contributed by atoms with Crippen LogP contribution in [0.15, 0.2) is 48.5 Å². The van der Waals surface area contributed by atoms with Gasteiger partial charge in [-0.05, 0) is 36.1 Å². The molecule has 2 aliphatic heterocycles. The highest BCUT2D eigenvalue weighted by atomic mass is 16.6. The summed E-state index contributed by atoms with van der Waals surface area (Å²) in [5.74, 6) is 2.07. The van der Waals surface area contributed by atoms with Gasteiger partial charge in [-0.25, -0.2) is 0 Å². The Morgan fingerprint density at radius 3 is 1.34 bits per heavy atom. The molecule has 32 heavy (non-hydrogen) atoms. The quantitative estimate of drug-likeness (QED) is 0.219. The van der Waals surface area contributed by atoms with Gasteiger partial charge >= 0.3 is 0 Å². The van der Waals surface area contributed by atoms with Gasteiger partial charge in [-0.3, -0.25) is 0 Å². The Bertz CT molecular complexity index is 730. The number of para-hydroxylation sites is 2. The van der Waals surface area contributed by atoms with Crippen LogP contribution in [0, 0.1) is 0 Å². The second-order valence-electron chi connectivity index (χ2n) is 9.06. The number of benzene rings is 2. The van der Waals surface area contributed by atoms with E-state index in [-0.39, 0.29) is 0 Å². The van der Waals surface area contributed by atoms with Gasteiger partial charge in [0.05, 0.1) is 38.6 Å². The highest BCUT2D eigenvalue weighted by molar-refractivity contribution is 5.35. The van der Waals surface area contributed by atoms with Gasteiger partial charge in [0.15, 0.2) is 0 Å². The first-order valence-corrected chi connectivity index (χ1v) is 12.5. The summed E-state index contributed by atoms with van der Waals surface area (Å²) in [6.45, 7) is 3.42. The standard InChI is InChI=1S/C28H38O4/c1(3-5-11-17-29-27-15-9-7-13-23(27)19-25-21-31-25)2-4-6-12-18-30-28-16-10-8-14-24(28)20-26-22-32-26/h7-10,13-16,25-26H,1-6,11-12,17-22H2. The molecule has 2 saturated heterocycles. The van der Waals surface area contributed by atoms with Crippen molar-refractivity contribution in [1.82, 2.24) is 0 Å². The molecule has 0 aliphatic carbocycles. The molecule has 0 aromatic heterocycles. The van der Waals surface area contributed by atoms with Crippen molar-refractivity contribution in [3.05, 3.63) is 59.7 Å². The summed E-state index contributed by atoms with van der Waals surface area (Å²) in [6, 6.07) is 16.8. The molecule has 4 nitrogen and oxygen atoms in total. The maximum absolute atomic E-state index is 6.03. The molecule has 2 aromatic carbocycles. The summed E-state index contributed by atoms with van der Waals surface area (Å²) in [5.41, 5.74) is 2.55. The molecule has 0 amide bonds. The van der Waals surface area contributed by atoms with Crippen LogP contribution in [0.25, 0.3) is 0 Å². The van der Waals surface area contributed by atoms with Crippen molar-refractivity contribution >= 4 is 0 Å². The van der Waals surface area contributed by atoms with Crippen LogP contribution in [0.5, 0.6) is 11.5 Å². The van der Waals surface area contributed by atoms with E-state index in [1.807, 2.05) is 0 Å². The fourth-order valence-corrected chi connectivity index (χ4v) is 4.12. The van der Waals surface area contributed by atoms with E-state index in [1.54, 1.807) is 0 Å². The van der Waals surface area contributed by atoms with E-state index < -0.39 is 0 Å². The fraction of sp³-hybridized carbons (Fsp3) is 0.571. The second kappa shape index (κ2) is 12.9. The van der Waals surface area contributed by atoms with Gasteiger partial charge in [0, 0.05) is 12.8 Å². The normalized spacial score (nSPS) is 19.0. The first-order valence-electron chi connectivity index (χ1n) is 12.5. The highest BCUT2D eigenvalue weighted by Crippen LogP contribution is 2.25.